The molecule has 0 aromatic rings. The van der Waals surface area contributed by atoms with Crippen LogP contribution in [0.5, 0.6) is 0 Å². The maximum absolute atomic E-state index is 10.3. The third-order valence-corrected chi connectivity index (χ3v) is 5.95. The summed E-state index contributed by atoms with van der Waals surface area (Å²) in [6, 6.07) is 3.10. The van der Waals surface area contributed by atoms with E-state index in [4.69, 9.17) is 0 Å². The Labute approximate surface area is 130 Å². The van der Waals surface area contributed by atoms with E-state index in [1.165, 1.54) is 12.8 Å². The van der Waals surface area contributed by atoms with Crippen LogP contribution in [-0.4, -0.2) is 35.2 Å². The van der Waals surface area contributed by atoms with E-state index in [-0.39, 0.29) is 18.1 Å². The Bertz CT molecular complexity index is 382. The monoisotopic (exact) mass is 292 g/mol. The van der Waals surface area contributed by atoms with Gasteiger partial charge in [-0.1, -0.05) is 33.6 Å². The largest absolute Gasteiger partial charge is 0.391 e. The van der Waals surface area contributed by atoms with Gasteiger partial charge in [0, 0.05) is 12.1 Å². The van der Waals surface area contributed by atoms with Crippen molar-refractivity contribution in [1.29, 1.82) is 5.26 Å². The molecule has 0 radical (unpaired) electrons. The van der Waals surface area contributed by atoms with E-state index in [9.17, 15) is 10.4 Å². The van der Waals surface area contributed by atoms with Gasteiger partial charge in [-0.05, 0) is 50.5 Å². The van der Waals surface area contributed by atoms with Crippen LogP contribution in [-0.2, 0) is 0 Å². The summed E-state index contributed by atoms with van der Waals surface area (Å²) in [6.45, 7) is 6.95. The molecule has 2 aliphatic carbocycles. The molecule has 1 N–H and O–H groups in total. The summed E-state index contributed by atoms with van der Waals surface area (Å²) in [7, 11) is 2.14. The van der Waals surface area contributed by atoms with Crippen molar-refractivity contribution >= 4 is 0 Å². The number of nitriles is 1. The predicted molar refractivity (Wildman–Crippen MR) is 85.7 cm³/mol. The van der Waals surface area contributed by atoms with E-state index >= 15 is 0 Å². The molecule has 5 unspecified atom stereocenters. The van der Waals surface area contributed by atoms with Gasteiger partial charge in [-0.15, -0.1) is 0 Å². The molecule has 0 aliphatic heterocycles. The third-order valence-electron chi connectivity index (χ3n) is 5.95. The van der Waals surface area contributed by atoms with Gasteiger partial charge in [-0.2, -0.15) is 5.26 Å². The van der Waals surface area contributed by atoms with Gasteiger partial charge < -0.3 is 5.11 Å². The molecule has 3 heteroatoms. The first-order chi connectivity index (χ1) is 9.84. The highest BCUT2D eigenvalue weighted by molar-refractivity contribution is 5.01. The number of aliphatic hydroxyl groups excluding tert-OH is 1. The summed E-state index contributed by atoms with van der Waals surface area (Å²) in [4.78, 5) is 2.36. The van der Waals surface area contributed by atoms with Gasteiger partial charge in [-0.25, -0.2) is 0 Å². The number of aliphatic hydroxyl groups is 1. The summed E-state index contributed by atoms with van der Waals surface area (Å²) in [5.74, 6) is 0.804. The maximum Gasteiger partial charge on any atom is 0.0695 e. The highest BCUT2D eigenvalue weighted by Gasteiger charge is 2.40. The van der Waals surface area contributed by atoms with Crippen molar-refractivity contribution in [3.8, 4) is 6.07 Å². The van der Waals surface area contributed by atoms with Crippen molar-refractivity contribution in [2.75, 3.05) is 7.05 Å². The molecular weight excluding hydrogens is 260 g/mol. The number of rotatable bonds is 2. The zero-order valence-electron chi connectivity index (χ0n) is 14.2. The minimum absolute atomic E-state index is 0.128. The molecule has 0 aromatic heterocycles. The average molecular weight is 292 g/mol. The smallest absolute Gasteiger partial charge is 0.0695 e. The van der Waals surface area contributed by atoms with E-state index in [0.29, 0.717) is 17.4 Å². The molecule has 2 aliphatic rings. The summed E-state index contributed by atoms with van der Waals surface area (Å²) in [6.07, 6.45) is 7.41. The van der Waals surface area contributed by atoms with Gasteiger partial charge in [0.2, 0.25) is 0 Å². The van der Waals surface area contributed by atoms with E-state index in [1.54, 1.807) is 0 Å². The molecule has 0 spiro atoms. The molecule has 0 heterocycles. The summed E-state index contributed by atoms with van der Waals surface area (Å²) in [5, 5.41) is 19.9. The molecular formula is C18H32N2O. The van der Waals surface area contributed by atoms with Crippen molar-refractivity contribution in [2.24, 2.45) is 17.3 Å². The molecule has 5 atom stereocenters. The molecule has 120 valence electrons. The van der Waals surface area contributed by atoms with Crippen LogP contribution in [0.15, 0.2) is 0 Å². The zero-order valence-corrected chi connectivity index (χ0v) is 14.2. The van der Waals surface area contributed by atoms with Crippen LogP contribution in [0.25, 0.3) is 0 Å². The molecule has 2 rings (SSSR count). The first-order valence-electron chi connectivity index (χ1n) is 8.64. The number of nitrogens with zero attached hydrogens (tertiary/aromatic N) is 2. The summed E-state index contributed by atoms with van der Waals surface area (Å²) >= 11 is 0. The van der Waals surface area contributed by atoms with E-state index in [0.717, 1.165) is 32.1 Å². The Hall–Kier alpha value is -0.590. The predicted octanol–water partition coefficient (Wildman–Crippen LogP) is 3.58. The minimum Gasteiger partial charge on any atom is -0.391 e. The Balaban J connectivity index is 2.11. The lowest BCUT2D eigenvalue weighted by molar-refractivity contribution is -0.0185. The number of hydrogen-bond acceptors (Lipinski definition) is 3. The Morgan fingerprint density at radius 2 is 1.71 bits per heavy atom. The molecule has 0 saturated heterocycles. The highest BCUT2D eigenvalue weighted by Crippen LogP contribution is 2.42. The third kappa shape index (κ3) is 3.79. The molecule has 21 heavy (non-hydrogen) atoms. The lowest BCUT2D eigenvalue weighted by Gasteiger charge is -2.47. The van der Waals surface area contributed by atoms with Crippen molar-refractivity contribution in [3.05, 3.63) is 0 Å². The van der Waals surface area contributed by atoms with Crippen LogP contribution in [0.1, 0.15) is 65.7 Å². The molecule has 0 aromatic carbocycles. The molecule has 3 nitrogen and oxygen atoms in total. The fourth-order valence-corrected chi connectivity index (χ4v) is 4.35. The second kappa shape index (κ2) is 6.67. The van der Waals surface area contributed by atoms with Gasteiger partial charge in [0.25, 0.3) is 0 Å². The molecule has 2 saturated carbocycles. The second-order valence-electron chi connectivity index (χ2n) is 8.26. The Kier molecular flexibility index (Phi) is 5.33. The van der Waals surface area contributed by atoms with Crippen LogP contribution in [0, 0.1) is 28.6 Å². The first kappa shape index (κ1) is 16.8. The average Bonchev–Trinajstić information content (AvgIpc) is 2.45. The highest BCUT2D eigenvalue weighted by atomic mass is 16.3. The fraction of sp³-hybridized carbons (Fsp3) is 0.944. The SMILES string of the molecule is CN(C1CCCCC1O)C1CC(C(C)(C)C)CCC1C#N. The van der Waals surface area contributed by atoms with E-state index in [1.807, 2.05) is 0 Å². The summed E-state index contributed by atoms with van der Waals surface area (Å²) < 4.78 is 0. The van der Waals surface area contributed by atoms with Crippen LogP contribution in [0.4, 0.5) is 0 Å². The molecule has 0 amide bonds. The first-order valence-corrected chi connectivity index (χ1v) is 8.64. The quantitative estimate of drug-likeness (QED) is 0.846. The van der Waals surface area contributed by atoms with Crippen molar-refractivity contribution in [2.45, 2.75) is 83.9 Å². The molecule has 0 bridgehead atoms. The number of hydrogen-bond donors (Lipinski definition) is 1. The normalized spacial score (nSPS) is 38.2. The van der Waals surface area contributed by atoms with Gasteiger partial charge in [0.1, 0.15) is 0 Å². The Morgan fingerprint density at radius 1 is 1.05 bits per heavy atom. The van der Waals surface area contributed by atoms with Gasteiger partial charge in [0.15, 0.2) is 0 Å². The van der Waals surface area contributed by atoms with Gasteiger partial charge in [0.05, 0.1) is 18.1 Å². The van der Waals surface area contributed by atoms with Crippen molar-refractivity contribution < 1.29 is 5.11 Å². The lowest BCUT2D eigenvalue weighted by Crippen LogP contribution is -2.53. The van der Waals surface area contributed by atoms with Gasteiger partial charge >= 0.3 is 0 Å². The van der Waals surface area contributed by atoms with Crippen molar-refractivity contribution in [3.63, 3.8) is 0 Å². The van der Waals surface area contributed by atoms with Gasteiger partial charge in [-0.3, -0.25) is 4.90 Å². The topological polar surface area (TPSA) is 47.3 Å². The minimum atomic E-state index is -0.210. The second-order valence-corrected chi connectivity index (χ2v) is 8.26. The van der Waals surface area contributed by atoms with Crippen LogP contribution < -0.4 is 0 Å². The van der Waals surface area contributed by atoms with Crippen LogP contribution in [0.3, 0.4) is 0 Å². The zero-order chi connectivity index (χ0) is 15.6. The van der Waals surface area contributed by atoms with E-state index in [2.05, 4.69) is 38.8 Å². The fourth-order valence-electron chi connectivity index (χ4n) is 4.35. The standard InChI is InChI=1S/C18H32N2O/c1-18(2,3)14-10-9-13(12-19)16(11-14)20(4)15-7-5-6-8-17(15)21/h13-17,21H,5-11H2,1-4H3. The Morgan fingerprint density at radius 3 is 2.29 bits per heavy atom. The maximum atomic E-state index is 10.3. The molecule has 2 fully saturated rings. The van der Waals surface area contributed by atoms with Crippen LogP contribution in [0.2, 0.25) is 0 Å². The number of likely N-dealkylation sites (N-methyl/N-ethyl adjacent to an activating group) is 1. The summed E-state index contributed by atoms with van der Waals surface area (Å²) in [5.41, 5.74) is 0.310. The van der Waals surface area contributed by atoms with E-state index < -0.39 is 0 Å². The van der Waals surface area contributed by atoms with Crippen molar-refractivity contribution in [1.82, 2.24) is 4.90 Å². The lowest BCUT2D eigenvalue weighted by atomic mass is 9.67. The van der Waals surface area contributed by atoms with Crippen LogP contribution >= 0.6 is 0 Å².